The molecule has 0 bridgehead atoms. The van der Waals surface area contributed by atoms with Crippen LogP contribution in [-0.4, -0.2) is 63.2 Å². The minimum absolute atomic E-state index is 0.759. The molecule has 17 heavy (non-hydrogen) atoms. The summed E-state index contributed by atoms with van der Waals surface area (Å²) in [6.07, 6.45) is 2.75. The van der Waals surface area contributed by atoms with Gasteiger partial charge in [0.2, 0.25) is 0 Å². The number of hydrogen-bond acceptors (Lipinski definition) is 3. The van der Waals surface area contributed by atoms with Gasteiger partial charge in [0.05, 0.1) is 0 Å². The van der Waals surface area contributed by atoms with Crippen molar-refractivity contribution in [3.8, 4) is 0 Å². The van der Waals surface area contributed by atoms with Crippen molar-refractivity contribution in [3.63, 3.8) is 0 Å². The average Bonchev–Trinajstić information content (AvgIpc) is 2.27. The van der Waals surface area contributed by atoms with Crippen molar-refractivity contribution < 1.29 is 0 Å². The molecule has 3 nitrogen and oxygen atoms in total. The number of nitrogens with zero attached hydrogens (tertiary/aromatic N) is 2. The van der Waals surface area contributed by atoms with Gasteiger partial charge in [0.25, 0.3) is 0 Å². The van der Waals surface area contributed by atoms with Crippen molar-refractivity contribution in [1.29, 1.82) is 0 Å². The number of hydrogen-bond donors (Lipinski definition) is 1. The van der Waals surface area contributed by atoms with Gasteiger partial charge in [0.1, 0.15) is 0 Å². The molecule has 1 heterocycles. The molecule has 0 aliphatic carbocycles. The summed E-state index contributed by atoms with van der Waals surface area (Å²) in [5.74, 6) is 1.68. The summed E-state index contributed by atoms with van der Waals surface area (Å²) < 4.78 is 0. The van der Waals surface area contributed by atoms with E-state index in [1.165, 1.54) is 39.0 Å². The third-order valence-corrected chi connectivity index (χ3v) is 3.63. The van der Waals surface area contributed by atoms with Crippen LogP contribution in [0, 0.1) is 11.8 Å². The highest BCUT2D eigenvalue weighted by atomic mass is 15.1. The second kappa shape index (κ2) is 8.06. The summed E-state index contributed by atoms with van der Waals surface area (Å²) in [5.41, 5.74) is 0. The molecule has 0 spiro atoms. The standard InChI is InChI=1S/C14H31N3/c1-13(2)11-15-7-10-17(4)12-14-5-8-16(3)9-6-14/h13-15H,5-12H2,1-4H3. The van der Waals surface area contributed by atoms with E-state index in [1.807, 2.05) is 0 Å². The summed E-state index contributed by atoms with van der Waals surface area (Å²) in [7, 11) is 4.49. The van der Waals surface area contributed by atoms with E-state index in [0.29, 0.717) is 0 Å². The van der Waals surface area contributed by atoms with Crippen LogP contribution in [0.15, 0.2) is 0 Å². The van der Waals surface area contributed by atoms with Crippen LogP contribution in [0.25, 0.3) is 0 Å². The molecular formula is C14H31N3. The molecule has 1 saturated heterocycles. The Bertz CT molecular complexity index is 186. The quantitative estimate of drug-likeness (QED) is 0.682. The van der Waals surface area contributed by atoms with Gasteiger partial charge in [0.15, 0.2) is 0 Å². The Morgan fingerprint density at radius 1 is 1.29 bits per heavy atom. The molecule has 1 rings (SSSR count). The summed E-state index contributed by atoms with van der Waals surface area (Å²) in [4.78, 5) is 4.93. The minimum Gasteiger partial charge on any atom is -0.315 e. The van der Waals surface area contributed by atoms with Crippen LogP contribution in [-0.2, 0) is 0 Å². The van der Waals surface area contributed by atoms with E-state index >= 15 is 0 Å². The highest BCUT2D eigenvalue weighted by Gasteiger charge is 2.17. The number of piperidine rings is 1. The van der Waals surface area contributed by atoms with E-state index in [0.717, 1.165) is 24.9 Å². The smallest absolute Gasteiger partial charge is 0.0104 e. The maximum atomic E-state index is 3.51. The van der Waals surface area contributed by atoms with Crippen LogP contribution in [0.4, 0.5) is 0 Å². The summed E-state index contributed by atoms with van der Waals surface area (Å²) in [6.45, 7) is 11.8. The van der Waals surface area contributed by atoms with Gasteiger partial charge in [-0.05, 0) is 58.4 Å². The Morgan fingerprint density at radius 3 is 2.53 bits per heavy atom. The molecule has 0 aromatic heterocycles. The lowest BCUT2D eigenvalue weighted by Crippen LogP contribution is -2.38. The molecule has 1 N–H and O–H groups in total. The van der Waals surface area contributed by atoms with E-state index in [-0.39, 0.29) is 0 Å². The van der Waals surface area contributed by atoms with Gasteiger partial charge < -0.3 is 15.1 Å². The molecule has 0 radical (unpaired) electrons. The fourth-order valence-corrected chi connectivity index (χ4v) is 2.44. The molecule has 3 heteroatoms. The van der Waals surface area contributed by atoms with Gasteiger partial charge >= 0.3 is 0 Å². The lowest BCUT2D eigenvalue weighted by molar-refractivity contribution is 0.176. The summed E-state index contributed by atoms with van der Waals surface area (Å²) in [5, 5.41) is 3.51. The second-order valence-corrected chi connectivity index (χ2v) is 6.11. The monoisotopic (exact) mass is 241 g/mol. The second-order valence-electron chi connectivity index (χ2n) is 6.11. The third kappa shape index (κ3) is 7.02. The van der Waals surface area contributed by atoms with Crippen LogP contribution < -0.4 is 5.32 Å². The molecule has 1 aliphatic rings. The first-order chi connectivity index (χ1) is 8.08. The Kier molecular flexibility index (Phi) is 7.09. The van der Waals surface area contributed by atoms with Gasteiger partial charge in [-0.3, -0.25) is 0 Å². The minimum atomic E-state index is 0.759. The van der Waals surface area contributed by atoms with Crippen molar-refractivity contribution in [2.45, 2.75) is 26.7 Å². The van der Waals surface area contributed by atoms with Gasteiger partial charge in [-0.2, -0.15) is 0 Å². The van der Waals surface area contributed by atoms with E-state index in [2.05, 4.69) is 43.1 Å². The molecule has 0 aromatic carbocycles. The lowest BCUT2D eigenvalue weighted by Gasteiger charge is -2.31. The van der Waals surface area contributed by atoms with Crippen molar-refractivity contribution >= 4 is 0 Å². The fourth-order valence-electron chi connectivity index (χ4n) is 2.44. The highest BCUT2D eigenvalue weighted by Crippen LogP contribution is 2.16. The maximum Gasteiger partial charge on any atom is 0.0104 e. The number of likely N-dealkylation sites (N-methyl/N-ethyl adjacent to an activating group) is 1. The molecule has 1 aliphatic heterocycles. The lowest BCUT2D eigenvalue weighted by atomic mass is 9.97. The first-order valence-electron chi connectivity index (χ1n) is 7.15. The first-order valence-corrected chi connectivity index (χ1v) is 7.15. The zero-order valence-electron chi connectivity index (χ0n) is 12.2. The predicted octanol–water partition coefficient (Wildman–Crippen LogP) is 1.51. The van der Waals surface area contributed by atoms with Crippen molar-refractivity contribution in [2.75, 3.05) is 53.4 Å². The van der Waals surface area contributed by atoms with E-state index in [9.17, 15) is 0 Å². The predicted molar refractivity (Wildman–Crippen MR) is 75.4 cm³/mol. The average molecular weight is 241 g/mol. The molecular weight excluding hydrogens is 210 g/mol. The van der Waals surface area contributed by atoms with Crippen LogP contribution >= 0.6 is 0 Å². The Labute approximate surface area is 108 Å². The molecule has 0 aromatic rings. The molecule has 0 saturated carbocycles. The maximum absolute atomic E-state index is 3.51. The van der Waals surface area contributed by atoms with Crippen molar-refractivity contribution in [1.82, 2.24) is 15.1 Å². The highest BCUT2D eigenvalue weighted by molar-refractivity contribution is 4.72. The van der Waals surface area contributed by atoms with E-state index in [1.54, 1.807) is 0 Å². The molecule has 0 unspecified atom stereocenters. The normalized spacial score (nSPS) is 19.4. The topological polar surface area (TPSA) is 18.5 Å². The Morgan fingerprint density at radius 2 is 1.94 bits per heavy atom. The molecule has 102 valence electrons. The zero-order valence-corrected chi connectivity index (χ0v) is 12.2. The Hall–Kier alpha value is -0.120. The number of nitrogens with one attached hydrogen (secondary N) is 1. The largest absolute Gasteiger partial charge is 0.315 e. The van der Waals surface area contributed by atoms with E-state index in [4.69, 9.17) is 0 Å². The first kappa shape index (κ1) is 14.9. The van der Waals surface area contributed by atoms with Crippen molar-refractivity contribution in [2.24, 2.45) is 11.8 Å². The summed E-state index contributed by atoms with van der Waals surface area (Å²) >= 11 is 0. The van der Waals surface area contributed by atoms with Gasteiger partial charge in [0, 0.05) is 19.6 Å². The Balaban J connectivity index is 2.02. The van der Waals surface area contributed by atoms with E-state index < -0.39 is 0 Å². The van der Waals surface area contributed by atoms with Crippen molar-refractivity contribution in [3.05, 3.63) is 0 Å². The summed E-state index contributed by atoms with van der Waals surface area (Å²) in [6, 6.07) is 0. The van der Waals surface area contributed by atoms with Crippen LogP contribution in [0.1, 0.15) is 26.7 Å². The van der Waals surface area contributed by atoms with Crippen LogP contribution in [0.2, 0.25) is 0 Å². The van der Waals surface area contributed by atoms with Gasteiger partial charge in [-0.1, -0.05) is 13.8 Å². The van der Waals surface area contributed by atoms with Crippen LogP contribution in [0.5, 0.6) is 0 Å². The molecule has 0 amide bonds. The molecule has 0 atom stereocenters. The van der Waals surface area contributed by atoms with Gasteiger partial charge in [-0.15, -0.1) is 0 Å². The van der Waals surface area contributed by atoms with Gasteiger partial charge in [-0.25, -0.2) is 0 Å². The fraction of sp³-hybridized carbons (Fsp3) is 1.00. The van der Waals surface area contributed by atoms with Crippen LogP contribution in [0.3, 0.4) is 0 Å². The zero-order chi connectivity index (χ0) is 12.7. The number of likely N-dealkylation sites (tertiary alicyclic amines) is 1. The number of rotatable bonds is 7. The molecule has 1 fully saturated rings. The SMILES string of the molecule is CC(C)CNCCN(C)CC1CCN(C)CC1. The third-order valence-electron chi connectivity index (χ3n) is 3.63.